The number of aryl methyl sites for hydroxylation is 2. The quantitative estimate of drug-likeness (QED) is 0.702. The van der Waals surface area contributed by atoms with Gasteiger partial charge in [-0.2, -0.15) is 0 Å². The Morgan fingerprint density at radius 1 is 0.840 bits per heavy atom. The summed E-state index contributed by atoms with van der Waals surface area (Å²) in [4.78, 5) is 8.82. The summed E-state index contributed by atoms with van der Waals surface area (Å²) >= 11 is 6.16. The van der Waals surface area contributed by atoms with Crippen LogP contribution in [0.2, 0.25) is 5.02 Å². The number of aliphatic hydroxyl groups excluding tert-OH is 1. The summed E-state index contributed by atoms with van der Waals surface area (Å²) in [7, 11) is 0. The molecule has 2 aromatic carbocycles. The molecule has 0 spiro atoms. The lowest BCUT2D eigenvalue weighted by molar-refractivity contribution is 0.154. The van der Waals surface area contributed by atoms with E-state index in [0.717, 1.165) is 11.1 Å². The van der Waals surface area contributed by atoms with Gasteiger partial charge in [-0.3, -0.25) is 0 Å². The first kappa shape index (κ1) is 17.4. The Labute approximate surface area is 152 Å². The van der Waals surface area contributed by atoms with Crippen LogP contribution in [0.1, 0.15) is 34.7 Å². The standard InChI is InChI=1S/C20H20ClN3O/c1-13-17(21)14(2)23-20(22-13)24-18(15-9-5-3-6-10-15)19(25)16-11-7-4-8-12-16/h3-12,18-19,25H,1-2H3,(H,22,23,24)/t18-,19-/m0/s1. The monoisotopic (exact) mass is 353 g/mol. The predicted octanol–water partition coefficient (Wildman–Crippen LogP) is 4.63. The van der Waals surface area contributed by atoms with Gasteiger partial charge in [0, 0.05) is 0 Å². The molecule has 3 aromatic rings. The number of benzene rings is 2. The third-order valence-electron chi connectivity index (χ3n) is 4.08. The summed E-state index contributed by atoms with van der Waals surface area (Å²) in [5.74, 6) is 0.447. The molecule has 0 amide bonds. The Bertz CT molecular complexity index is 817. The topological polar surface area (TPSA) is 58.0 Å². The van der Waals surface area contributed by atoms with Crippen LogP contribution in [0.15, 0.2) is 60.7 Å². The number of halogens is 1. The Morgan fingerprint density at radius 2 is 1.32 bits per heavy atom. The smallest absolute Gasteiger partial charge is 0.223 e. The molecule has 0 aliphatic rings. The molecular formula is C20H20ClN3O. The van der Waals surface area contributed by atoms with Crippen LogP contribution in [0.5, 0.6) is 0 Å². The van der Waals surface area contributed by atoms with Crippen molar-refractivity contribution in [2.75, 3.05) is 5.32 Å². The molecule has 0 aliphatic heterocycles. The number of aromatic nitrogens is 2. The van der Waals surface area contributed by atoms with E-state index in [2.05, 4.69) is 15.3 Å². The van der Waals surface area contributed by atoms with Crippen LogP contribution in [0.25, 0.3) is 0 Å². The average molecular weight is 354 g/mol. The molecule has 5 heteroatoms. The van der Waals surface area contributed by atoms with E-state index in [1.807, 2.05) is 74.5 Å². The van der Waals surface area contributed by atoms with E-state index in [4.69, 9.17) is 11.6 Å². The van der Waals surface area contributed by atoms with Gasteiger partial charge in [-0.1, -0.05) is 72.3 Å². The molecule has 0 radical (unpaired) electrons. The molecule has 1 aromatic heterocycles. The molecule has 0 saturated carbocycles. The number of aliphatic hydroxyl groups is 1. The molecule has 25 heavy (non-hydrogen) atoms. The summed E-state index contributed by atoms with van der Waals surface area (Å²) in [6.45, 7) is 3.68. The first-order valence-electron chi connectivity index (χ1n) is 8.11. The minimum atomic E-state index is -0.747. The minimum absolute atomic E-state index is 0.386. The van der Waals surface area contributed by atoms with Crippen molar-refractivity contribution in [2.24, 2.45) is 0 Å². The second kappa shape index (κ2) is 7.64. The Hall–Kier alpha value is -2.43. The van der Waals surface area contributed by atoms with Crippen LogP contribution < -0.4 is 5.32 Å². The fourth-order valence-corrected chi connectivity index (χ4v) is 2.84. The van der Waals surface area contributed by atoms with Crippen molar-refractivity contribution in [1.82, 2.24) is 9.97 Å². The summed E-state index contributed by atoms with van der Waals surface area (Å²) in [5, 5.41) is 14.8. The molecule has 2 atom stereocenters. The van der Waals surface area contributed by atoms with Gasteiger partial charge in [0.1, 0.15) is 6.10 Å². The van der Waals surface area contributed by atoms with Gasteiger partial charge in [0.2, 0.25) is 5.95 Å². The van der Waals surface area contributed by atoms with Gasteiger partial charge in [-0.15, -0.1) is 0 Å². The zero-order valence-corrected chi connectivity index (χ0v) is 14.9. The van der Waals surface area contributed by atoms with E-state index in [9.17, 15) is 5.11 Å². The van der Waals surface area contributed by atoms with E-state index in [0.29, 0.717) is 22.4 Å². The van der Waals surface area contributed by atoms with Crippen LogP contribution in [-0.4, -0.2) is 15.1 Å². The molecule has 0 fully saturated rings. The Kier molecular flexibility index (Phi) is 5.31. The molecular weight excluding hydrogens is 334 g/mol. The zero-order valence-electron chi connectivity index (χ0n) is 14.1. The first-order valence-corrected chi connectivity index (χ1v) is 8.49. The second-order valence-electron chi connectivity index (χ2n) is 5.92. The fourth-order valence-electron chi connectivity index (χ4n) is 2.75. The van der Waals surface area contributed by atoms with Gasteiger partial charge in [-0.05, 0) is 25.0 Å². The number of anilines is 1. The zero-order chi connectivity index (χ0) is 17.8. The number of rotatable bonds is 5. The second-order valence-corrected chi connectivity index (χ2v) is 6.30. The molecule has 1 heterocycles. The van der Waals surface area contributed by atoms with Crippen molar-refractivity contribution >= 4 is 17.5 Å². The van der Waals surface area contributed by atoms with Crippen LogP contribution in [0.4, 0.5) is 5.95 Å². The fraction of sp³-hybridized carbons (Fsp3) is 0.200. The van der Waals surface area contributed by atoms with E-state index < -0.39 is 6.10 Å². The largest absolute Gasteiger partial charge is 0.386 e. The van der Waals surface area contributed by atoms with Gasteiger partial charge in [0.15, 0.2) is 0 Å². The average Bonchev–Trinajstić information content (AvgIpc) is 2.65. The van der Waals surface area contributed by atoms with E-state index in [1.54, 1.807) is 0 Å². The highest BCUT2D eigenvalue weighted by molar-refractivity contribution is 6.31. The molecule has 0 unspecified atom stereocenters. The number of hydrogen-bond donors (Lipinski definition) is 2. The summed E-state index contributed by atoms with van der Waals surface area (Å²) in [5.41, 5.74) is 3.19. The lowest BCUT2D eigenvalue weighted by atomic mass is 9.96. The van der Waals surface area contributed by atoms with Gasteiger partial charge in [-0.25, -0.2) is 9.97 Å². The van der Waals surface area contributed by atoms with E-state index in [1.165, 1.54) is 0 Å². The molecule has 2 N–H and O–H groups in total. The SMILES string of the molecule is Cc1nc(N[C@@H](c2ccccc2)[C@@H](O)c2ccccc2)nc(C)c1Cl. The maximum Gasteiger partial charge on any atom is 0.223 e. The lowest BCUT2D eigenvalue weighted by Crippen LogP contribution is -2.21. The normalized spacial score (nSPS) is 13.3. The highest BCUT2D eigenvalue weighted by Gasteiger charge is 2.24. The summed E-state index contributed by atoms with van der Waals surface area (Å²) in [6, 6.07) is 19.0. The van der Waals surface area contributed by atoms with Crippen molar-refractivity contribution in [1.29, 1.82) is 0 Å². The Morgan fingerprint density at radius 3 is 1.84 bits per heavy atom. The predicted molar refractivity (Wildman–Crippen MR) is 101 cm³/mol. The van der Waals surface area contributed by atoms with Gasteiger partial charge in [0.25, 0.3) is 0 Å². The van der Waals surface area contributed by atoms with Crippen molar-refractivity contribution in [2.45, 2.75) is 26.0 Å². The van der Waals surface area contributed by atoms with Gasteiger partial charge >= 0.3 is 0 Å². The maximum absolute atomic E-state index is 10.9. The van der Waals surface area contributed by atoms with Gasteiger partial charge < -0.3 is 10.4 Å². The van der Waals surface area contributed by atoms with E-state index >= 15 is 0 Å². The molecule has 4 nitrogen and oxygen atoms in total. The number of hydrogen-bond acceptors (Lipinski definition) is 4. The van der Waals surface area contributed by atoms with Crippen molar-refractivity contribution in [3.8, 4) is 0 Å². The molecule has 0 bridgehead atoms. The summed E-state index contributed by atoms with van der Waals surface area (Å²) in [6.07, 6.45) is -0.747. The third-order valence-corrected chi connectivity index (χ3v) is 4.63. The third kappa shape index (κ3) is 3.98. The first-order chi connectivity index (χ1) is 12.1. The molecule has 0 aliphatic carbocycles. The summed E-state index contributed by atoms with van der Waals surface area (Å²) < 4.78 is 0. The van der Waals surface area contributed by atoms with Crippen LogP contribution in [-0.2, 0) is 0 Å². The van der Waals surface area contributed by atoms with Crippen molar-refractivity contribution < 1.29 is 5.11 Å². The number of nitrogens with zero attached hydrogens (tertiary/aromatic N) is 2. The molecule has 3 rings (SSSR count). The van der Waals surface area contributed by atoms with E-state index in [-0.39, 0.29) is 6.04 Å². The van der Waals surface area contributed by atoms with Crippen LogP contribution in [0, 0.1) is 13.8 Å². The maximum atomic E-state index is 10.9. The van der Waals surface area contributed by atoms with Crippen LogP contribution >= 0.6 is 11.6 Å². The van der Waals surface area contributed by atoms with Crippen molar-refractivity contribution in [3.63, 3.8) is 0 Å². The molecule has 128 valence electrons. The van der Waals surface area contributed by atoms with Gasteiger partial charge in [0.05, 0.1) is 22.5 Å². The highest BCUT2D eigenvalue weighted by atomic mass is 35.5. The Balaban J connectivity index is 1.97. The minimum Gasteiger partial charge on any atom is -0.386 e. The van der Waals surface area contributed by atoms with Crippen LogP contribution in [0.3, 0.4) is 0 Å². The lowest BCUT2D eigenvalue weighted by Gasteiger charge is -2.25. The highest BCUT2D eigenvalue weighted by Crippen LogP contribution is 2.31. The number of nitrogens with one attached hydrogen (secondary N) is 1. The molecule has 0 saturated heterocycles. The van der Waals surface area contributed by atoms with Crippen molar-refractivity contribution in [3.05, 3.63) is 88.2 Å².